The van der Waals surface area contributed by atoms with Gasteiger partial charge in [0.05, 0.1) is 10.0 Å². The second-order valence-corrected chi connectivity index (χ2v) is 2.28. The van der Waals surface area contributed by atoms with Crippen LogP contribution < -0.4 is 0 Å². The minimum Gasteiger partial charge on any atom is -0.205 e. The van der Waals surface area contributed by atoms with Crippen LogP contribution in [-0.2, 0) is 0 Å². The molecule has 47 valence electrons. The van der Waals surface area contributed by atoms with Crippen molar-refractivity contribution in [2.24, 2.45) is 0 Å². The van der Waals surface area contributed by atoms with Gasteiger partial charge in [-0.3, -0.25) is 0 Å². The van der Waals surface area contributed by atoms with Gasteiger partial charge in [0.15, 0.2) is 5.82 Å². The van der Waals surface area contributed by atoms with Gasteiger partial charge < -0.3 is 0 Å². The highest BCUT2D eigenvalue weighted by Gasteiger charge is 1.97. The van der Waals surface area contributed by atoms with E-state index >= 15 is 0 Å². The van der Waals surface area contributed by atoms with Crippen molar-refractivity contribution in [3.8, 4) is 0 Å². The quantitative estimate of drug-likeness (QED) is 0.517. The normalized spacial score (nSPS) is 9.67. The zero-order valence-corrected chi connectivity index (χ0v) is 5.80. The van der Waals surface area contributed by atoms with Crippen LogP contribution in [0.1, 0.15) is 0 Å². The van der Waals surface area contributed by atoms with E-state index < -0.39 is 5.82 Å². The van der Waals surface area contributed by atoms with E-state index in [1.54, 1.807) is 0 Å². The second kappa shape index (κ2) is 2.54. The average molecular weight is 164 g/mol. The Labute approximate surface area is 62.2 Å². The van der Waals surface area contributed by atoms with Crippen molar-refractivity contribution in [2.75, 3.05) is 0 Å². The first kappa shape index (κ1) is 6.84. The molecule has 1 aromatic carbocycles. The van der Waals surface area contributed by atoms with Crippen LogP contribution in [0.5, 0.6) is 0 Å². The van der Waals surface area contributed by atoms with Gasteiger partial charge in [0, 0.05) is 6.07 Å². The molecule has 3 heteroatoms. The molecule has 0 heterocycles. The van der Waals surface area contributed by atoms with E-state index in [0.29, 0.717) is 0 Å². The van der Waals surface area contributed by atoms with Crippen LogP contribution in [0.4, 0.5) is 4.39 Å². The summed E-state index contributed by atoms with van der Waals surface area (Å²) >= 11 is 10.7. The molecule has 0 aliphatic rings. The van der Waals surface area contributed by atoms with E-state index in [1.165, 1.54) is 12.1 Å². The zero-order chi connectivity index (χ0) is 6.85. The molecule has 0 atom stereocenters. The fourth-order valence-corrected chi connectivity index (χ4v) is 0.682. The van der Waals surface area contributed by atoms with Crippen molar-refractivity contribution in [3.05, 3.63) is 34.1 Å². The van der Waals surface area contributed by atoms with Gasteiger partial charge in [-0.15, -0.1) is 0 Å². The fourth-order valence-electron chi connectivity index (χ4n) is 0.426. The smallest absolute Gasteiger partial charge is 0.151 e. The number of benzene rings is 1. The van der Waals surface area contributed by atoms with Crippen molar-refractivity contribution in [1.82, 2.24) is 0 Å². The maximum absolute atomic E-state index is 12.3. The van der Waals surface area contributed by atoms with E-state index in [9.17, 15) is 4.39 Å². The van der Waals surface area contributed by atoms with Gasteiger partial charge in [0.1, 0.15) is 0 Å². The molecule has 0 amide bonds. The van der Waals surface area contributed by atoms with Crippen molar-refractivity contribution in [3.63, 3.8) is 0 Å². The molecular weight excluding hydrogens is 162 g/mol. The summed E-state index contributed by atoms with van der Waals surface area (Å²) in [4.78, 5) is 0. The molecule has 0 saturated heterocycles. The minimum absolute atomic E-state index is 0.0411. The molecule has 1 rings (SSSR count). The maximum atomic E-state index is 12.3. The van der Waals surface area contributed by atoms with Crippen LogP contribution in [0.3, 0.4) is 0 Å². The lowest BCUT2D eigenvalue weighted by Gasteiger charge is -1.90. The first-order valence-corrected chi connectivity index (χ1v) is 2.98. The summed E-state index contributed by atoms with van der Waals surface area (Å²) < 4.78 is 12.3. The highest BCUT2D eigenvalue weighted by atomic mass is 35.5. The number of halogens is 3. The molecule has 1 aromatic rings. The van der Waals surface area contributed by atoms with E-state index in [0.717, 1.165) is 0 Å². The Bertz CT molecular complexity index is 222. The molecule has 0 aliphatic carbocycles. The summed E-state index contributed by atoms with van der Waals surface area (Å²) in [5, 5.41) is 0.274. The molecule has 0 bridgehead atoms. The SMILES string of the molecule is Fc1[c]c(Cl)ccc1Cl. The van der Waals surface area contributed by atoms with Crippen molar-refractivity contribution in [1.29, 1.82) is 0 Å². The molecular formula is C6H2Cl2F. The first-order chi connectivity index (χ1) is 4.20. The third kappa shape index (κ3) is 1.57. The Morgan fingerprint density at radius 2 is 2.00 bits per heavy atom. The van der Waals surface area contributed by atoms with Gasteiger partial charge in [-0.25, -0.2) is 4.39 Å². The summed E-state index contributed by atoms with van der Waals surface area (Å²) in [7, 11) is 0. The van der Waals surface area contributed by atoms with Crippen LogP contribution in [0.25, 0.3) is 0 Å². The molecule has 0 spiro atoms. The number of hydrogen-bond acceptors (Lipinski definition) is 0. The summed E-state index contributed by atoms with van der Waals surface area (Å²) in [6, 6.07) is 5.07. The summed E-state index contributed by atoms with van der Waals surface area (Å²) in [6.45, 7) is 0. The van der Waals surface area contributed by atoms with Crippen LogP contribution in [0.15, 0.2) is 12.1 Å². The standard InChI is InChI=1S/C6H2Cl2F/c7-4-1-2-5(8)6(9)3-4/h1-2H. The monoisotopic (exact) mass is 163 g/mol. The molecule has 0 aliphatic heterocycles. The van der Waals surface area contributed by atoms with E-state index in [1.807, 2.05) is 0 Å². The van der Waals surface area contributed by atoms with E-state index in [4.69, 9.17) is 23.2 Å². The zero-order valence-electron chi connectivity index (χ0n) is 4.29. The van der Waals surface area contributed by atoms with Crippen LogP contribution in [0, 0.1) is 11.9 Å². The van der Waals surface area contributed by atoms with Gasteiger partial charge >= 0.3 is 0 Å². The van der Waals surface area contributed by atoms with Gasteiger partial charge in [-0.2, -0.15) is 0 Å². The lowest BCUT2D eigenvalue weighted by molar-refractivity contribution is 0.626. The van der Waals surface area contributed by atoms with Crippen LogP contribution in [-0.4, -0.2) is 0 Å². The second-order valence-electron chi connectivity index (χ2n) is 1.47. The molecule has 0 N–H and O–H groups in total. The van der Waals surface area contributed by atoms with Crippen molar-refractivity contribution >= 4 is 23.2 Å². The third-order valence-electron chi connectivity index (χ3n) is 0.815. The average Bonchev–Trinajstić information content (AvgIpc) is 1.80. The molecule has 0 unspecified atom stereocenters. The predicted molar refractivity (Wildman–Crippen MR) is 35.3 cm³/mol. The lowest BCUT2D eigenvalue weighted by Crippen LogP contribution is -1.74. The van der Waals surface area contributed by atoms with Crippen molar-refractivity contribution in [2.45, 2.75) is 0 Å². The molecule has 0 saturated carbocycles. The number of rotatable bonds is 0. The molecule has 1 radical (unpaired) electrons. The van der Waals surface area contributed by atoms with Crippen LogP contribution >= 0.6 is 23.2 Å². The molecule has 0 fully saturated rings. The third-order valence-corrected chi connectivity index (χ3v) is 1.33. The maximum Gasteiger partial charge on any atom is 0.151 e. The Morgan fingerprint density at radius 1 is 1.33 bits per heavy atom. The van der Waals surface area contributed by atoms with Crippen molar-refractivity contribution < 1.29 is 4.39 Å². The predicted octanol–water partition coefficient (Wildman–Crippen LogP) is 2.93. The van der Waals surface area contributed by atoms with Gasteiger partial charge in [-0.1, -0.05) is 23.2 Å². The van der Waals surface area contributed by atoms with Crippen LogP contribution in [0.2, 0.25) is 10.0 Å². The summed E-state index contributed by atoms with van der Waals surface area (Å²) in [6.07, 6.45) is 0. The van der Waals surface area contributed by atoms with E-state index in [2.05, 4.69) is 6.07 Å². The summed E-state index contributed by atoms with van der Waals surface area (Å²) in [5.41, 5.74) is 0. The highest BCUT2D eigenvalue weighted by molar-refractivity contribution is 6.32. The topological polar surface area (TPSA) is 0 Å². The fraction of sp³-hybridized carbons (Fsp3) is 0. The Hall–Kier alpha value is -0.270. The summed E-state index contributed by atoms with van der Waals surface area (Å²) in [5.74, 6) is -0.607. The highest BCUT2D eigenvalue weighted by Crippen LogP contribution is 2.17. The minimum atomic E-state index is -0.607. The Balaban J connectivity index is 3.17. The van der Waals surface area contributed by atoms with E-state index in [-0.39, 0.29) is 10.0 Å². The van der Waals surface area contributed by atoms with Gasteiger partial charge in [0.25, 0.3) is 0 Å². The largest absolute Gasteiger partial charge is 0.205 e. The molecule has 9 heavy (non-hydrogen) atoms. The Kier molecular flexibility index (Phi) is 1.94. The van der Waals surface area contributed by atoms with Gasteiger partial charge in [-0.05, 0) is 12.1 Å². The number of hydrogen-bond donors (Lipinski definition) is 0. The lowest BCUT2D eigenvalue weighted by atomic mass is 10.3. The molecule has 0 aromatic heterocycles. The first-order valence-electron chi connectivity index (χ1n) is 2.23. The van der Waals surface area contributed by atoms with Gasteiger partial charge in [0.2, 0.25) is 0 Å². The Morgan fingerprint density at radius 3 is 2.44 bits per heavy atom. The molecule has 0 nitrogen and oxygen atoms in total.